The Morgan fingerprint density at radius 2 is 1.83 bits per heavy atom. The zero-order valence-electron chi connectivity index (χ0n) is 10.4. The van der Waals surface area contributed by atoms with Gasteiger partial charge in [-0.25, -0.2) is 9.18 Å². The van der Waals surface area contributed by atoms with Crippen LogP contribution in [0.5, 0.6) is 0 Å². The highest BCUT2D eigenvalue weighted by molar-refractivity contribution is 5.89. The number of carbonyl (C=O) groups excluding carboxylic acids is 1. The molecule has 5 heteroatoms. The minimum atomic E-state index is -0.476. The fourth-order valence-electron chi connectivity index (χ4n) is 1.27. The van der Waals surface area contributed by atoms with Crippen LogP contribution < -0.4 is 0 Å². The van der Waals surface area contributed by atoms with Gasteiger partial charge >= 0.3 is 5.97 Å². The van der Waals surface area contributed by atoms with E-state index < -0.39 is 5.97 Å². The number of benzene rings is 1. The van der Waals surface area contributed by atoms with Gasteiger partial charge in [-0.3, -0.25) is 0 Å². The number of hydrogen-bond donors (Lipinski definition) is 0. The standard InChI is InChI=1S/C13H17FO4/c1-16-7-2-8-17-9-10-18-13(15)11-3-5-12(14)6-4-11/h3-6H,2,7-10H2,1H3. The molecule has 4 nitrogen and oxygen atoms in total. The first-order valence-electron chi connectivity index (χ1n) is 5.73. The molecule has 0 saturated heterocycles. The SMILES string of the molecule is COCCCOCCOC(=O)c1ccc(F)cc1. The van der Waals surface area contributed by atoms with Crippen LogP contribution in [0.1, 0.15) is 16.8 Å². The van der Waals surface area contributed by atoms with Crippen LogP contribution in [0.3, 0.4) is 0 Å². The quantitative estimate of drug-likeness (QED) is 0.527. The van der Waals surface area contributed by atoms with Crippen molar-refractivity contribution in [3.05, 3.63) is 35.6 Å². The van der Waals surface area contributed by atoms with Gasteiger partial charge in [0.2, 0.25) is 0 Å². The van der Waals surface area contributed by atoms with Gasteiger partial charge in [0.25, 0.3) is 0 Å². The van der Waals surface area contributed by atoms with E-state index >= 15 is 0 Å². The molecule has 18 heavy (non-hydrogen) atoms. The maximum atomic E-state index is 12.6. The van der Waals surface area contributed by atoms with Crippen LogP contribution in [0.25, 0.3) is 0 Å². The van der Waals surface area contributed by atoms with E-state index in [4.69, 9.17) is 14.2 Å². The number of methoxy groups -OCH3 is 1. The Labute approximate surface area is 106 Å². The van der Waals surface area contributed by atoms with Crippen molar-refractivity contribution in [2.45, 2.75) is 6.42 Å². The third-order valence-electron chi connectivity index (χ3n) is 2.18. The summed E-state index contributed by atoms with van der Waals surface area (Å²) in [6.45, 7) is 1.75. The van der Waals surface area contributed by atoms with Gasteiger partial charge in [-0.05, 0) is 30.7 Å². The predicted octanol–water partition coefficient (Wildman–Crippen LogP) is 2.04. The van der Waals surface area contributed by atoms with Crippen molar-refractivity contribution >= 4 is 5.97 Å². The second kappa shape index (κ2) is 8.60. The molecule has 0 saturated carbocycles. The van der Waals surface area contributed by atoms with Gasteiger partial charge in [0, 0.05) is 20.3 Å². The number of carbonyl (C=O) groups is 1. The average Bonchev–Trinajstić information content (AvgIpc) is 2.38. The first-order chi connectivity index (χ1) is 8.74. The Kier molecular flexibility index (Phi) is 6.98. The molecule has 0 aromatic heterocycles. The molecule has 0 amide bonds. The lowest BCUT2D eigenvalue weighted by Gasteiger charge is -2.06. The van der Waals surface area contributed by atoms with Crippen LogP contribution in [0.4, 0.5) is 4.39 Å². The zero-order valence-corrected chi connectivity index (χ0v) is 10.4. The van der Waals surface area contributed by atoms with Gasteiger partial charge in [0.05, 0.1) is 12.2 Å². The number of rotatable bonds is 8. The van der Waals surface area contributed by atoms with E-state index in [0.29, 0.717) is 25.4 Å². The lowest BCUT2D eigenvalue weighted by atomic mass is 10.2. The molecular formula is C13H17FO4. The predicted molar refractivity (Wildman–Crippen MR) is 64.0 cm³/mol. The van der Waals surface area contributed by atoms with Crippen molar-refractivity contribution in [1.82, 2.24) is 0 Å². The van der Waals surface area contributed by atoms with E-state index in [9.17, 15) is 9.18 Å². The van der Waals surface area contributed by atoms with Gasteiger partial charge in [0.1, 0.15) is 12.4 Å². The smallest absolute Gasteiger partial charge is 0.338 e. The number of ether oxygens (including phenoxy) is 3. The van der Waals surface area contributed by atoms with Gasteiger partial charge < -0.3 is 14.2 Å². The summed E-state index contributed by atoms with van der Waals surface area (Å²) in [6, 6.07) is 5.21. The Morgan fingerprint density at radius 3 is 2.50 bits per heavy atom. The van der Waals surface area contributed by atoms with Crippen molar-refractivity contribution in [3.63, 3.8) is 0 Å². The molecule has 0 radical (unpaired) electrons. The lowest BCUT2D eigenvalue weighted by Crippen LogP contribution is -2.11. The van der Waals surface area contributed by atoms with Crippen LogP contribution in [0.2, 0.25) is 0 Å². The van der Waals surface area contributed by atoms with Crippen LogP contribution >= 0.6 is 0 Å². The summed E-state index contributed by atoms with van der Waals surface area (Å²) < 4.78 is 27.7. The molecular weight excluding hydrogens is 239 g/mol. The Morgan fingerprint density at radius 1 is 1.11 bits per heavy atom. The number of esters is 1. The molecule has 0 fully saturated rings. The van der Waals surface area contributed by atoms with Gasteiger partial charge in [-0.2, -0.15) is 0 Å². The van der Waals surface area contributed by atoms with Crippen LogP contribution in [0, 0.1) is 5.82 Å². The largest absolute Gasteiger partial charge is 0.460 e. The molecule has 1 rings (SSSR count). The lowest BCUT2D eigenvalue weighted by molar-refractivity contribution is 0.0288. The van der Waals surface area contributed by atoms with E-state index in [-0.39, 0.29) is 12.4 Å². The average molecular weight is 256 g/mol. The third kappa shape index (κ3) is 5.75. The molecule has 0 aliphatic rings. The highest BCUT2D eigenvalue weighted by Gasteiger charge is 2.06. The molecule has 0 spiro atoms. The molecule has 1 aromatic rings. The van der Waals surface area contributed by atoms with Gasteiger partial charge in [0.15, 0.2) is 0 Å². The van der Waals surface area contributed by atoms with Crippen molar-refractivity contribution < 1.29 is 23.4 Å². The summed E-state index contributed by atoms with van der Waals surface area (Å²) in [6.07, 6.45) is 0.808. The maximum absolute atomic E-state index is 12.6. The van der Waals surface area contributed by atoms with E-state index in [1.807, 2.05) is 0 Å². The Hall–Kier alpha value is -1.46. The fourth-order valence-corrected chi connectivity index (χ4v) is 1.27. The van der Waals surface area contributed by atoms with Crippen molar-refractivity contribution in [1.29, 1.82) is 0 Å². The first kappa shape index (κ1) is 14.6. The maximum Gasteiger partial charge on any atom is 0.338 e. The van der Waals surface area contributed by atoms with Crippen molar-refractivity contribution in [2.24, 2.45) is 0 Å². The summed E-state index contributed by atoms with van der Waals surface area (Å²) in [4.78, 5) is 11.5. The third-order valence-corrected chi connectivity index (χ3v) is 2.18. The molecule has 100 valence electrons. The Balaban J connectivity index is 2.12. The van der Waals surface area contributed by atoms with Crippen LogP contribution in [0.15, 0.2) is 24.3 Å². The normalized spacial score (nSPS) is 10.3. The van der Waals surface area contributed by atoms with Gasteiger partial charge in [-0.15, -0.1) is 0 Å². The summed E-state index contributed by atoms with van der Waals surface area (Å²) in [7, 11) is 1.63. The molecule has 0 bridgehead atoms. The van der Waals surface area contributed by atoms with Crippen molar-refractivity contribution in [2.75, 3.05) is 33.5 Å². The summed E-state index contributed by atoms with van der Waals surface area (Å²) >= 11 is 0. The summed E-state index contributed by atoms with van der Waals surface area (Å²) in [5.74, 6) is -0.858. The van der Waals surface area contributed by atoms with Gasteiger partial charge in [-0.1, -0.05) is 0 Å². The molecule has 1 aromatic carbocycles. The van der Waals surface area contributed by atoms with Crippen LogP contribution in [-0.2, 0) is 14.2 Å². The topological polar surface area (TPSA) is 44.8 Å². The molecule has 0 N–H and O–H groups in total. The highest BCUT2D eigenvalue weighted by atomic mass is 19.1. The molecule has 0 aliphatic heterocycles. The second-order valence-electron chi connectivity index (χ2n) is 3.60. The highest BCUT2D eigenvalue weighted by Crippen LogP contribution is 2.04. The molecule has 0 atom stereocenters. The minimum absolute atomic E-state index is 0.184. The fraction of sp³-hybridized carbons (Fsp3) is 0.462. The molecule has 0 aliphatic carbocycles. The van der Waals surface area contributed by atoms with E-state index in [1.165, 1.54) is 24.3 Å². The number of halogens is 1. The summed E-state index contributed by atoms with van der Waals surface area (Å²) in [5.41, 5.74) is 0.329. The number of hydrogen-bond acceptors (Lipinski definition) is 4. The molecule has 0 heterocycles. The first-order valence-corrected chi connectivity index (χ1v) is 5.73. The monoisotopic (exact) mass is 256 g/mol. The zero-order chi connectivity index (χ0) is 13.2. The van der Waals surface area contributed by atoms with Crippen molar-refractivity contribution in [3.8, 4) is 0 Å². The van der Waals surface area contributed by atoms with Crippen LogP contribution in [-0.4, -0.2) is 39.5 Å². The Bertz CT molecular complexity index is 351. The second-order valence-corrected chi connectivity index (χ2v) is 3.60. The van der Waals surface area contributed by atoms with E-state index in [2.05, 4.69) is 0 Å². The summed E-state index contributed by atoms with van der Waals surface area (Å²) in [5, 5.41) is 0. The molecule has 0 unspecified atom stereocenters. The minimum Gasteiger partial charge on any atom is -0.460 e. The van der Waals surface area contributed by atoms with E-state index in [1.54, 1.807) is 7.11 Å². The van der Waals surface area contributed by atoms with E-state index in [0.717, 1.165) is 6.42 Å².